The fourth-order valence-electron chi connectivity index (χ4n) is 1.40. The molecule has 1 heterocycles. The molecule has 1 saturated heterocycles. The van der Waals surface area contributed by atoms with E-state index < -0.39 is 6.17 Å². The minimum atomic E-state index is -0.648. The van der Waals surface area contributed by atoms with Gasteiger partial charge in [0.05, 0.1) is 6.61 Å². The molecule has 1 fully saturated rings. The third-order valence-corrected chi connectivity index (χ3v) is 2.00. The number of likely N-dealkylation sites (tertiary alicyclic amines) is 1. The van der Waals surface area contributed by atoms with Gasteiger partial charge in [-0.05, 0) is 13.5 Å². The molecular weight excluding hydrogens is 133 g/mol. The summed E-state index contributed by atoms with van der Waals surface area (Å²) in [5, 5.41) is 0. The van der Waals surface area contributed by atoms with Crippen molar-refractivity contribution in [2.24, 2.45) is 0 Å². The summed E-state index contributed by atoms with van der Waals surface area (Å²) in [7, 11) is 3.59. The largest absolute Gasteiger partial charge is 0.383 e. The number of nitrogens with zero attached hydrogens (tertiary/aromatic N) is 1. The van der Waals surface area contributed by atoms with Crippen molar-refractivity contribution in [3.63, 3.8) is 0 Å². The molecule has 2 nitrogen and oxygen atoms in total. The SMILES string of the molecule is COCC1C[C@@H](F)CN1C. The minimum absolute atomic E-state index is 0.292. The van der Waals surface area contributed by atoms with Gasteiger partial charge in [-0.2, -0.15) is 0 Å². The first-order chi connectivity index (χ1) is 4.74. The van der Waals surface area contributed by atoms with Gasteiger partial charge in [0, 0.05) is 19.7 Å². The maximum absolute atomic E-state index is 12.7. The predicted molar refractivity (Wildman–Crippen MR) is 37.8 cm³/mol. The number of hydrogen-bond donors (Lipinski definition) is 0. The number of methoxy groups -OCH3 is 1. The van der Waals surface area contributed by atoms with Gasteiger partial charge in [-0.25, -0.2) is 4.39 Å². The summed E-state index contributed by atoms with van der Waals surface area (Å²) in [6.45, 7) is 1.21. The molecule has 0 N–H and O–H groups in total. The number of hydrogen-bond acceptors (Lipinski definition) is 2. The van der Waals surface area contributed by atoms with Gasteiger partial charge in [0.2, 0.25) is 0 Å². The summed E-state index contributed by atoms with van der Waals surface area (Å²) < 4.78 is 17.6. The Morgan fingerprint density at radius 2 is 2.40 bits per heavy atom. The molecule has 0 saturated carbocycles. The van der Waals surface area contributed by atoms with E-state index in [1.165, 1.54) is 0 Å². The molecule has 1 unspecified atom stereocenters. The van der Waals surface area contributed by atoms with Gasteiger partial charge in [0.1, 0.15) is 6.17 Å². The van der Waals surface area contributed by atoms with Crippen LogP contribution in [0.15, 0.2) is 0 Å². The normalized spacial score (nSPS) is 35.1. The van der Waals surface area contributed by atoms with Crippen LogP contribution in [0.1, 0.15) is 6.42 Å². The Morgan fingerprint density at radius 3 is 2.80 bits per heavy atom. The molecule has 60 valence electrons. The smallest absolute Gasteiger partial charge is 0.114 e. The van der Waals surface area contributed by atoms with Crippen LogP contribution in [-0.4, -0.2) is 44.4 Å². The summed E-state index contributed by atoms with van der Waals surface area (Å²) in [6, 6.07) is 0.292. The number of likely N-dealkylation sites (N-methyl/N-ethyl adjacent to an activating group) is 1. The quantitative estimate of drug-likeness (QED) is 0.569. The first-order valence-corrected chi connectivity index (χ1v) is 3.57. The summed E-state index contributed by atoms with van der Waals surface area (Å²) in [5.74, 6) is 0. The van der Waals surface area contributed by atoms with Crippen molar-refractivity contribution in [3.05, 3.63) is 0 Å². The first kappa shape index (κ1) is 7.95. The second-order valence-electron chi connectivity index (χ2n) is 2.88. The van der Waals surface area contributed by atoms with E-state index in [0.717, 1.165) is 0 Å². The lowest BCUT2D eigenvalue weighted by molar-refractivity contribution is 0.129. The Bertz CT molecular complexity index is 110. The Labute approximate surface area is 61.0 Å². The molecule has 0 bridgehead atoms. The lowest BCUT2D eigenvalue weighted by Gasteiger charge is -2.16. The van der Waals surface area contributed by atoms with Crippen LogP contribution < -0.4 is 0 Å². The third kappa shape index (κ3) is 1.67. The zero-order valence-electron chi connectivity index (χ0n) is 6.51. The Balaban J connectivity index is 2.31. The molecule has 0 radical (unpaired) electrons. The highest BCUT2D eigenvalue weighted by atomic mass is 19.1. The minimum Gasteiger partial charge on any atom is -0.383 e. The highest BCUT2D eigenvalue weighted by Gasteiger charge is 2.28. The Hall–Kier alpha value is -0.150. The zero-order valence-corrected chi connectivity index (χ0v) is 6.51. The second-order valence-corrected chi connectivity index (χ2v) is 2.88. The van der Waals surface area contributed by atoms with Crippen LogP contribution in [-0.2, 0) is 4.74 Å². The van der Waals surface area contributed by atoms with E-state index in [2.05, 4.69) is 0 Å². The van der Waals surface area contributed by atoms with E-state index in [1.807, 2.05) is 11.9 Å². The van der Waals surface area contributed by atoms with Crippen LogP contribution in [0.4, 0.5) is 4.39 Å². The maximum atomic E-state index is 12.7. The fourth-order valence-corrected chi connectivity index (χ4v) is 1.40. The molecule has 2 atom stereocenters. The molecule has 1 aliphatic rings. The summed E-state index contributed by atoms with van der Waals surface area (Å²) in [5.41, 5.74) is 0. The van der Waals surface area contributed by atoms with Crippen LogP contribution in [0.5, 0.6) is 0 Å². The van der Waals surface area contributed by atoms with Gasteiger partial charge >= 0.3 is 0 Å². The number of alkyl halides is 1. The molecule has 3 heteroatoms. The summed E-state index contributed by atoms with van der Waals surface area (Å²) in [4.78, 5) is 2.01. The standard InChI is InChI=1S/C7H14FNO/c1-9-4-6(8)3-7(9)5-10-2/h6-7H,3-5H2,1-2H3/t6-,7?/m1/s1. The Morgan fingerprint density at radius 1 is 1.70 bits per heavy atom. The van der Waals surface area contributed by atoms with Crippen molar-refractivity contribution >= 4 is 0 Å². The van der Waals surface area contributed by atoms with Crippen LogP contribution in [0.3, 0.4) is 0 Å². The van der Waals surface area contributed by atoms with E-state index in [0.29, 0.717) is 25.6 Å². The highest BCUT2D eigenvalue weighted by molar-refractivity contribution is 4.82. The molecule has 0 amide bonds. The predicted octanol–water partition coefficient (Wildman–Crippen LogP) is 0.675. The van der Waals surface area contributed by atoms with E-state index in [4.69, 9.17) is 4.74 Å². The number of halogens is 1. The molecule has 0 aromatic carbocycles. The van der Waals surface area contributed by atoms with Crippen molar-refractivity contribution in [2.75, 3.05) is 27.3 Å². The van der Waals surface area contributed by atoms with E-state index >= 15 is 0 Å². The average Bonchev–Trinajstić information content (AvgIpc) is 2.13. The maximum Gasteiger partial charge on any atom is 0.114 e. The molecular formula is C7H14FNO. The van der Waals surface area contributed by atoms with Crippen LogP contribution in [0, 0.1) is 0 Å². The van der Waals surface area contributed by atoms with Gasteiger partial charge in [-0.3, -0.25) is 4.90 Å². The average molecular weight is 147 g/mol. The second kappa shape index (κ2) is 3.30. The van der Waals surface area contributed by atoms with E-state index in [1.54, 1.807) is 7.11 Å². The van der Waals surface area contributed by atoms with Crippen LogP contribution >= 0.6 is 0 Å². The highest BCUT2D eigenvalue weighted by Crippen LogP contribution is 2.17. The molecule has 10 heavy (non-hydrogen) atoms. The van der Waals surface area contributed by atoms with Gasteiger partial charge < -0.3 is 4.74 Å². The van der Waals surface area contributed by atoms with E-state index in [9.17, 15) is 4.39 Å². The fraction of sp³-hybridized carbons (Fsp3) is 1.00. The molecule has 0 aliphatic carbocycles. The van der Waals surface area contributed by atoms with Crippen LogP contribution in [0.25, 0.3) is 0 Å². The zero-order chi connectivity index (χ0) is 7.56. The topological polar surface area (TPSA) is 12.5 Å². The lowest BCUT2D eigenvalue weighted by atomic mass is 10.2. The van der Waals surface area contributed by atoms with Gasteiger partial charge in [0.25, 0.3) is 0 Å². The number of ether oxygens (including phenoxy) is 1. The van der Waals surface area contributed by atoms with Crippen molar-refractivity contribution in [1.29, 1.82) is 0 Å². The number of rotatable bonds is 2. The molecule has 0 aromatic heterocycles. The first-order valence-electron chi connectivity index (χ1n) is 3.57. The van der Waals surface area contributed by atoms with Gasteiger partial charge in [-0.1, -0.05) is 0 Å². The molecule has 1 rings (SSSR count). The van der Waals surface area contributed by atoms with Crippen molar-refractivity contribution in [1.82, 2.24) is 4.90 Å². The van der Waals surface area contributed by atoms with E-state index in [-0.39, 0.29) is 0 Å². The third-order valence-electron chi connectivity index (χ3n) is 2.00. The van der Waals surface area contributed by atoms with Gasteiger partial charge in [-0.15, -0.1) is 0 Å². The van der Waals surface area contributed by atoms with Crippen LogP contribution in [0.2, 0.25) is 0 Å². The monoisotopic (exact) mass is 147 g/mol. The lowest BCUT2D eigenvalue weighted by Crippen LogP contribution is -2.28. The Kier molecular flexibility index (Phi) is 2.63. The van der Waals surface area contributed by atoms with Crippen molar-refractivity contribution < 1.29 is 9.13 Å². The summed E-state index contributed by atoms with van der Waals surface area (Å²) >= 11 is 0. The molecule has 0 spiro atoms. The van der Waals surface area contributed by atoms with Gasteiger partial charge in [0.15, 0.2) is 0 Å². The van der Waals surface area contributed by atoms with Crippen molar-refractivity contribution in [2.45, 2.75) is 18.6 Å². The summed E-state index contributed by atoms with van der Waals surface area (Å²) in [6.07, 6.45) is -0.0187. The molecule has 0 aromatic rings. The molecule has 1 aliphatic heterocycles. The van der Waals surface area contributed by atoms with Crippen molar-refractivity contribution in [3.8, 4) is 0 Å².